The van der Waals surface area contributed by atoms with Crippen molar-refractivity contribution < 1.29 is 9.53 Å². The van der Waals surface area contributed by atoms with Crippen molar-refractivity contribution in [2.24, 2.45) is 0 Å². The highest BCUT2D eigenvalue weighted by molar-refractivity contribution is 5.70. The van der Waals surface area contributed by atoms with Crippen molar-refractivity contribution in [3.63, 3.8) is 0 Å². The van der Waals surface area contributed by atoms with Gasteiger partial charge in [-0.25, -0.2) is 0 Å². The Morgan fingerprint density at radius 3 is 2.80 bits per heavy atom. The zero-order valence-corrected chi connectivity index (χ0v) is 12.9. The van der Waals surface area contributed by atoms with E-state index in [9.17, 15) is 4.79 Å². The van der Waals surface area contributed by atoms with Crippen molar-refractivity contribution in [1.29, 1.82) is 0 Å². The van der Waals surface area contributed by atoms with E-state index in [0.29, 0.717) is 12.3 Å². The largest absolute Gasteiger partial charge is 0.454 e. The summed E-state index contributed by atoms with van der Waals surface area (Å²) in [5.74, 6) is 0.414. The lowest BCUT2D eigenvalue weighted by molar-refractivity contribution is -0.159. The van der Waals surface area contributed by atoms with Gasteiger partial charge in [0.1, 0.15) is 5.60 Å². The Labute approximate surface area is 122 Å². The van der Waals surface area contributed by atoms with Crippen molar-refractivity contribution in [2.45, 2.75) is 70.8 Å². The quantitative estimate of drug-likeness (QED) is 0.543. The second kappa shape index (κ2) is 6.43. The number of hydrogen-bond acceptors (Lipinski definition) is 2. The topological polar surface area (TPSA) is 26.3 Å². The Balaban J connectivity index is 1.97. The molecule has 110 valence electrons. The van der Waals surface area contributed by atoms with Crippen molar-refractivity contribution in [2.75, 3.05) is 0 Å². The molecule has 0 saturated carbocycles. The maximum absolute atomic E-state index is 12.1. The monoisotopic (exact) mass is 274 g/mol. The lowest BCUT2D eigenvalue weighted by Gasteiger charge is -2.26. The highest BCUT2D eigenvalue weighted by Gasteiger charge is 2.41. The molecule has 0 fully saturated rings. The van der Waals surface area contributed by atoms with Crippen LogP contribution in [0.2, 0.25) is 0 Å². The standard InChI is InChI=1S/C18H26O2/c1-4-5-6-7-12-17(19)20-18(3)13-14(2)15-10-8-9-11-16(15)18/h8-11,14H,4-7,12-13H2,1-3H3. The molecule has 0 aliphatic heterocycles. The molecule has 1 aliphatic carbocycles. The molecule has 2 atom stereocenters. The predicted molar refractivity (Wildman–Crippen MR) is 81.7 cm³/mol. The number of esters is 1. The lowest BCUT2D eigenvalue weighted by Crippen LogP contribution is -2.26. The SMILES string of the molecule is CCCCCCC(=O)OC1(C)CC(C)c2ccccc21. The van der Waals surface area contributed by atoms with Crippen molar-refractivity contribution in [3.8, 4) is 0 Å². The molecule has 0 heterocycles. The van der Waals surface area contributed by atoms with Crippen LogP contribution in [-0.4, -0.2) is 5.97 Å². The zero-order valence-electron chi connectivity index (χ0n) is 12.9. The molecule has 2 heteroatoms. The van der Waals surface area contributed by atoms with Crippen molar-refractivity contribution >= 4 is 5.97 Å². The highest BCUT2D eigenvalue weighted by atomic mass is 16.6. The minimum atomic E-state index is -0.433. The Morgan fingerprint density at radius 2 is 2.05 bits per heavy atom. The summed E-state index contributed by atoms with van der Waals surface area (Å²) in [5.41, 5.74) is 2.08. The summed E-state index contributed by atoms with van der Waals surface area (Å²) in [6.07, 6.45) is 5.90. The normalized spacial score (nSPS) is 24.4. The average molecular weight is 274 g/mol. The predicted octanol–water partition coefficient (Wildman–Crippen LogP) is 4.92. The lowest BCUT2D eigenvalue weighted by atomic mass is 9.98. The minimum Gasteiger partial charge on any atom is -0.454 e. The third-order valence-electron chi connectivity index (χ3n) is 4.33. The van der Waals surface area contributed by atoms with Crippen LogP contribution in [0.4, 0.5) is 0 Å². The Bertz CT molecular complexity index is 466. The third-order valence-corrected chi connectivity index (χ3v) is 4.33. The van der Waals surface area contributed by atoms with Crippen LogP contribution in [0.5, 0.6) is 0 Å². The van der Waals surface area contributed by atoms with Crippen LogP contribution in [0.15, 0.2) is 24.3 Å². The van der Waals surface area contributed by atoms with Gasteiger partial charge in [-0.2, -0.15) is 0 Å². The molecule has 1 aromatic rings. The first-order chi connectivity index (χ1) is 9.57. The molecule has 0 aromatic heterocycles. The van der Waals surface area contributed by atoms with Crippen LogP contribution in [0.1, 0.15) is 76.3 Å². The van der Waals surface area contributed by atoms with Crippen LogP contribution in [0, 0.1) is 0 Å². The van der Waals surface area contributed by atoms with E-state index in [2.05, 4.69) is 39.0 Å². The second-order valence-electron chi connectivity index (χ2n) is 6.21. The smallest absolute Gasteiger partial charge is 0.306 e. The van der Waals surface area contributed by atoms with Gasteiger partial charge in [0, 0.05) is 6.42 Å². The van der Waals surface area contributed by atoms with Gasteiger partial charge in [0.25, 0.3) is 0 Å². The van der Waals surface area contributed by atoms with E-state index in [1.807, 2.05) is 6.07 Å². The average Bonchev–Trinajstić information content (AvgIpc) is 2.67. The van der Waals surface area contributed by atoms with Gasteiger partial charge in [-0.05, 0) is 36.8 Å². The van der Waals surface area contributed by atoms with Gasteiger partial charge in [-0.3, -0.25) is 4.79 Å². The number of unbranched alkanes of at least 4 members (excludes halogenated alkanes) is 3. The summed E-state index contributed by atoms with van der Waals surface area (Å²) in [6.45, 7) is 6.44. The van der Waals surface area contributed by atoms with E-state index in [4.69, 9.17) is 4.74 Å². The number of rotatable bonds is 6. The fraction of sp³-hybridized carbons (Fsp3) is 0.611. The highest BCUT2D eigenvalue weighted by Crippen LogP contribution is 2.46. The summed E-state index contributed by atoms with van der Waals surface area (Å²) in [6, 6.07) is 8.35. The summed E-state index contributed by atoms with van der Waals surface area (Å²) < 4.78 is 5.84. The number of ether oxygens (including phenoxy) is 1. The van der Waals surface area contributed by atoms with E-state index < -0.39 is 5.60 Å². The first kappa shape index (κ1) is 15.1. The molecule has 0 saturated heterocycles. The maximum Gasteiger partial charge on any atom is 0.306 e. The number of hydrogen-bond donors (Lipinski definition) is 0. The molecule has 0 bridgehead atoms. The molecular formula is C18H26O2. The summed E-state index contributed by atoms with van der Waals surface area (Å²) in [7, 11) is 0. The van der Waals surface area contributed by atoms with Crippen molar-refractivity contribution in [3.05, 3.63) is 35.4 Å². The summed E-state index contributed by atoms with van der Waals surface area (Å²) >= 11 is 0. The van der Waals surface area contributed by atoms with Gasteiger partial charge in [-0.15, -0.1) is 0 Å². The van der Waals surface area contributed by atoms with Crippen LogP contribution in [-0.2, 0) is 15.1 Å². The maximum atomic E-state index is 12.1. The number of benzene rings is 1. The van der Waals surface area contributed by atoms with E-state index in [1.165, 1.54) is 24.0 Å². The summed E-state index contributed by atoms with van der Waals surface area (Å²) in [4.78, 5) is 12.1. The first-order valence-corrected chi connectivity index (χ1v) is 7.88. The molecule has 0 radical (unpaired) electrons. The number of carbonyl (C=O) groups is 1. The fourth-order valence-electron chi connectivity index (χ4n) is 3.31. The van der Waals surface area contributed by atoms with Crippen LogP contribution >= 0.6 is 0 Å². The van der Waals surface area contributed by atoms with Crippen LogP contribution in [0.3, 0.4) is 0 Å². The van der Waals surface area contributed by atoms with E-state index in [0.717, 1.165) is 19.3 Å². The van der Waals surface area contributed by atoms with E-state index in [1.54, 1.807) is 0 Å². The first-order valence-electron chi connectivity index (χ1n) is 7.88. The zero-order chi connectivity index (χ0) is 14.6. The van der Waals surface area contributed by atoms with Crippen molar-refractivity contribution in [1.82, 2.24) is 0 Å². The number of carbonyl (C=O) groups excluding carboxylic acids is 1. The molecule has 1 aliphatic rings. The molecule has 0 N–H and O–H groups in total. The van der Waals surface area contributed by atoms with Gasteiger partial charge in [0.05, 0.1) is 0 Å². The molecule has 20 heavy (non-hydrogen) atoms. The Morgan fingerprint density at radius 1 is 1.30 bits per heavy atom. The molecule has 2 nitrogen and oxygen atoms in total. The fourth-order valence-corrected chi connectivity index (χ4v) is 3.31. The molecule has 2 unspecified atom stereocenters. The Kier molecular flexibility index (Phi) is 4.85. The van der Waals surface area contributed by atoms with Gasteiger partial charge >= 0.3 is 5.97 Å². The van der Waals surface area contributed by atoms with Gasteiger partial charge in [0.15, 0.2) is 0 Å². The molecule has 0 amide bonds. The Hall–Kier alpha value is -1.31. The molecule has 2 rings (SSSR count). The van der Waals surface area contributed by atoms with E-state index >= 15 is 0 Å². The number of fused-ring (bicyclic) bond motifs is 1. The molecular weight excluding hydrogens is 248 g/mol. The third kappa shape index (κ3) is 3.23. The second-order valence-corrected chi connectivity index (χ2v) is 6.21. The molecule has 1 aromatic carbocycles. The van der Waals surface area contributed by atoms with Crippen LogP contribution in [0.25, 0.3) is 0 Å². The van der Waals surface area contributed by atoms with E-state index in [-0.39, 0.29) is 5.97 Å². The summed E-state index contributed by atoms with van der Waals surface area (Å²) in [5, 5.41) is 0. The van der Waals surface area contributed by atoms with Gasteiger partial charge < -0.3 is 4.74 Å². The van der Waals surface area contributed by atoms with Gasteiger partial charge in [0.2, 0.25) is 0 Å². The van der Waals surface area contributed by atoms with Gasteiger partial charge in [-0.1, -0.05) is 57.4 Å². The molecule has 0 spiro atoms. The minimum absolute atomic E-state index is 0.0486. The van der Waals surface area contributed by atoms with Crippen LogP contribution < -0.4 is 0 Å².